The highest BCUT2D eigenvalue weighted by Gasteiger charge is 2.39. The van der Waals surface area contributed by atoms with Crippen LogP contribution in [0.15, 0.2) is 16.7 Å². The molecule has 2 aromatic heterocycles. The number of carbonyl (C=O) groups excluding carboxylic acids is 1. The van der Waals surface area contributed by atoms with Gasteiger partial charge in [0.1, 0.15) is 5.69 Å². The molecule has 2 rings (SSSR count). The zero-order valence-corrected chi connectivity index (χ0v) is 12.2. The van der Waals surface area contributed by atoms with Gasteiger partial charge in [-0.3, -0.25) is 4.79 Å². The molecule has 1 amide bonds. The Morgan fingerprint density at radius 3 is 2.71 bits per heavy atom. The summed E-state index contributed by atoms with van der Waals surface area (Å²) in [6.45, 7) is 3.77. The van der Waals surface area contributed by atoms with Crippen molar-refractivity contribution in [3.05, 3.63) is 28.3 Å². The van der Waals surface area contributed by atoms with Crippen LogP contribution in [-0.2, 0) is 6.18 Å². The van der Waals surface area contributed by atoms with Gasteiger partial charge in [-0.15, -0.1) is 11.3 Å². The Hall–Kier alpha value is -1.83. The molecule has 4 nitrogen and oxygen atoms in total. The van der Waals surface area contributed by atoms with Gasteiger partial charge >= 0.3 is 6.18 Å². The highest BCUT2D eigenvalue weighted by Crippen LogP contribution is 2.38. The molecule has 0 unspecified atom stereocenters. The van der Waals surface area contributed by atoms with E-state index in [4.69, 9.17) is 0 Å². The Morgan fingerprint density at radius 1 is 1.43 bits per heavy atom. The van der Waals surface area contributed by atoms with Crippen molar-refractivity contribution in [2.45, 2.75) is 26.4 Å². The Labute approximate surface area is 122 Å². The van der Waals surface area contributed by atoms with E-state index >= 15 is 0 Å². The Bertz CT molecular complexity index is 646. The number of rotatable bonds is 4. The number of carbonyl (C=O) groups is 1. The highest BCUT2D eigenvalue weighted by molar-refractivity contribution is 7.17. The second-order valence-corrected chi connectivity index (χ2v) is 5.49. The average Bonchev–Trinajstić information content (AvgIpc) is 3.01. The van der Waals surface area contributed by atoms with Crippen LogP contribution in [0.1, 0.15) is 34.3 Å². The lowest BCUT2D eigenvalue weighted by atomic mass is 10.2. The number of thiophene rings is 1. The van der Waals surface area contributed by atoms with Crippen molar-refractivity contribution < 1.29 is 22.5 Å². The maximum absolute atomic E-state index is 12.7. The minimum atomic E-state index is -4.58. The smallest absolute Gasteiger partial charge is 0.351 e. The van der Waals surface area contributed by atoms with E-state index in [9.17, 15) is 18.0 Å². The van der Waals surface area contributed by atoms with Gasteiger partial charge in [-0.1, -0.05) is 12.1 Å². The van der Waals surface area contributed by atoms with E-state index in [0.717, 1.165) is 17.8 Å². The number of halogens is 3. The van der Waals surface area contributed by atoms with Gasteiger partial charge in [0.15, 0.2) is 0 Å². The number of alkyl halides is 3. The third-order valence-electron chi connectivity index (χ3n) is 2.78. The van der Waals surface area contributed by atoms with E-state index in [1.54, 1.807) is 12.1 Å². The Kier molecular flexibility index (Phi) is 4.36. The summed E-state index contributed by atoms with van der Waals surface area (Å²) in [7, 11) is 0. The first-order valence-corrected chi connectivity index (χ1v) is 7.08. The Balaban J connectivity index is 2.26. The molecule has 2 aromatic rings. The van der Waals surface area contributed by atoms with Gasteiger partial charge in [0.2, 0.25) is 5.76 Å². The van der Waals surface area contributed by atoms with Crippen molar-refractivity contribution in [3.63, 3.8) is 0 Å². The number of aromatic nitrogens is 1. The van der Waals surface area contributed by atoms with E-state index in [0.29, 0.717) is 16.3 Å². The van der Waals surface area contributed by atoms with Gasteiger partial charge in [-0.25, -0.2) is 0 Å². The van der Waals surface area contributed by atoms with Crippen molar-refractivity contribution in [1.82, 2.24) is 10.5 Å². The van der Waals surface area contributed by atoms with Crippen molar-refractivity contribution >= 4 is 17.2 Å². The van der Waals surface area contributed by atoms with E-state index in [1.165, 1.54) is 6.92 Å². The van der Waals surface area contributed by atoms with E-state index in [2.05, 4.69) is 15.0 Å². The van der Waals surface area contributed by atoms with Gasteiger partial charge < -0.3 is 9.84 Å². The normalized spacial score (nSPS) is 11.7. The third kappa shape index (κ3) is 3.26. The minimum absolute atomic E-state index is 0.0788. The molecule has 0 aliphatic carbocycles. The predicted molar refractivity (Wildman–Crippen MR) is 72.2 cm³/mol. The fourth-order valence-corrected chi connectivity index (χ4v) is 2.70. The molecule has 0 aliphatic heterocycles. The van der Waals surface area contributed by atoms with Gasteiger partial charge in [0.25, 0.3) is 5.91 Å². The fourth-order valence-electron chi connectivity index (χ4n) is 1.74. The number of hydrogen-bond donors (Lipinski definition) is 1. The SMILES string of the molecule is CCCNC(=O)c1ccc(-c2noc(C(F)(F)F)c2C)s1. The monoisotopic (exact) mass is 318 g/mol. The van der Waals surface area contributed by atoms with Gasteiger partial charge in [0, 0.05) is 12.1 Å². The van der Waals surface area contributed by atoms with E-state index < -0.39 is 11.9 Å². The van der Waals surface area contributed by atoms with Crippen LogP contribution >= 0.6 is 11.3 Å². The van der Waals surface area contributed by atoms with Crippen molar-refractivity contribution in [1.29, 1.82) is 0 Å². The molecule has 0 atom stereocenters. The topological polar surface area (TPSA) is 55.1 Å². The van der Waals surface area contributed by atoms with Crippen molar-refractivity contribution in [2.75, 3.05) is 6.54 Å². The predicted octanol–water partition coefficient (Wildman–Crippen LogP) is 3.87. The second kappa shape index (κ2) is 5.88. The lowest BCUT2D eigenvalue weighted by Crippen LogP contribution is -2.22. The summed E-state index contributed by atoms with van der Waals surface area (Å²) in [5.41, 5.74) is 0.0340. The highest BCUT2D eigenvalue weighted by atomic mass is 32.1. The number of hydrogen-bond acceptors (Lipinski definition) is 4. The van der Waals surface area contributed by atoms with Crippen LogP contribution in [0.25, 0.3) is 10.6 Å². The zero-order chi connectivity index (χ0) is 15.6. The molecule has 0 radical (unpaired) electrons. The van der Waals surface area contributed by atoms with Crippen LogP contribution in [0, 0.1) is 6.92 Å². The molecule has 1 N–H and O–H groups in total. The van der Waals surface area contributed by atoms with Gasteiger partial charge in [-0.05, 0) is 25.5 Å². The first kappa shape index (κ1) is 15.6. The van der Waals surface area contributed by atoms with Crippen LogP contribution in [0.4, 0.5) is 13.2 Å². The van der Waals surface area contributed by atoms with E-state index in [1.807, 2.05) is 6.92 Å². The van der Waals surface area contributed by atoms with Crippen LogP contribution in [0.3, 0.4) is 0 Å². The Morgan fingerprint density at radius 2 is 2.14 bits per heavy atom. The van der Waals surface area contributed by atoms with Gasteiger partial charge in [0.05, 0.1) is 9.75 Å². The largest absolute Gasteiger partial charge is 0.452 e. The van der Waals surface area contributed by atoms with Crippen molar-refractivity contribution in [2.24, 2.45) is 0 Å². The molecule has 114 valence electrons. The molecule has 0 bridgehead atoms. The number of nitrogens with one attached hydrogen (secondary N) is 1. The molecule has 0 aliphatic rings. The minimum Gasteiger partial charge on any atom is -0.351 e. The third-order valence-corrected chi connectivity index (χ3v) is 3.87. The second-order valence-electron chi connectivity index (χ2n) is 4.40. The maximum Gasteiger partial charge on any atom is 0.452 e. The van der Waals surface area contributed by atoms with Crippen molar-refractivity contribution in [3.8, 4) is 10.6 Å². The standard InChI is InChI=1S/C13H13F3N2O2S/c1-3-6-17-12(19)9-5-4-8(21-9)10-7(2)11(20-18-10)13(14,15)16/h4-5H,3,6H2,1-2H3,(H,17,19). The lowest BCUT2D eigenvalue weighted by molar-refractivity contribution is -0.156. The molecule has 0 spiro atoms. The molecule has 8 heteroatoms. The summed E-state index contributed by atoms with van der Waals surface area (Å²) in [6.07, 6.45) is -3.77. The van der Waals surface area contributed by atoms with Crippen LogP contribution in [-0.4, -0.2) is 17.6 Å². The molecule has 21 heavy (non-hydrogen) atoms. The molecule has 0 saturated carbocycles. The molecule has 2 heterocycles. The fraction of sp³-hybridized carbons (Fsp3) is 0.385. The lowest BCUT2D eigenvalue weighted by Gasteiger charge is -2.01. The molecular formula is C13H13F3N2O2S. The summed E-state index contributed by atoms with van der Waals surface area (Å²) >= 11 is 1.08. The summed E-state index contributed by atoms with van der Waals surface area (Å²) in [5, 5.41) is 6.18. The van der Waals surface area contributed by atoms with E-state index in [-0.39, 0.29) is 17.2 Å². The van der Waals surface area contributed by atoms with Gasteiger partial charge in [-0.2, -0.15) is 13.2 Å². The van der Waals surface area contributed by atoms with Crippen LogP contribution in [0.2, 0.25) is 0 Å². The maximum atomic E-state index is 12.7. The molecular weight excluding hydrogens is 305 g/mol. The van der Waals surface area contributed by atoms with Crippen LogP contribution in [0.5, 0.6) is 0 Å². The number of amides is 1. The summed E-state index contributed by atoms with van der Waals surface area (Å²) < 4.78 is 42.3. The average molecular weight is 318 g/mol. The molecule has 0 fully saturated rings. The van der Waals surface area contributed by atoms with Crippen LogP contribution < -0.4 is 5.32 Å². The molecule has 0 saturated heterocycles. The summed E-state index contributed by atoms with van der Waals surface area (Å²) in [6, 6.07) is 3.13. The summed E-state index contributed by atoms with van der Waals surface area (Å²) in [5.74, 6) is -1.35. The quantitative estimate of drug-likeness (QED) is 0.931. The summed E-state index contributed by atoms with van der Waals surface area (Å²) in [4.78, 5) is 12.7. The zero-order valence-electron chi connectivity index (χ0n) is 11.4. The first-order valence-electron chi connectivity index (χ1n) is 6.26. The first-order chi connectivity index (χ1) is 9.84. The number of nitrogens with zero attached hydrogens (tertiary/aromatic N) is 1. The molecule has 0 aromatic carbocycles.